The number of ether oxygens (including phenoxy) is 1. The van der Waals surface area contributed by atoms with E-state index in [4.69, 9.17) is 15.6 Å². The molecule has 106 valence electrons. The third kappa shape index (κ3) is 2.79. The molecule has 0 bridgehead atoms. The monoisotopic (exact) mass is 335 g/mol. The second kappa shape index (κ2) is 5.55. The molecule has 19 heavy (non-hydrogen) atoms. The number of nitrogens with two attached hydrogens (primary N) is 1. The van der Waals surface area contributed by atoms with Gasteiger partial charge in [0.2, 0.25) is 0 Å². The molecule has 0 unspecified atom stereocenters. The van der Waals surface area contributed by atoms with Crippen LogP contribution in [-0.2, 0) is 4.74 Å². The van der Waals surface area contributed by atoms with Crippen LogP contribution in [0.15, 0.2) is 20.3 Å². The van der Waals surface area contributed by atoms with Crippen LogP contribution in [0.3, 0.4) is 0 Å². The van der Waals surface area contributed by atoms with E-state index in [1.807, 2.05) is 0 Å². The first-order valence-electron chi connectivity index (χ1n) is 5.65. The summed E-state index contributed by atoms with van der Waals surface area (Å²) in [5.74, 6) is 0. The topological polar surface area (TPSA) is 131 Å². The summed E-state index contributed by atoms with van der Waals surface area (Å²) in [6.07, 6.45) is -0.955. The number of aliphatic hydroxyl groups is 2. The number of rotatable bonds is 3. The lowest BCUT2D eigenvalue weighted by atomic mass is 10.1. The normalized spacial score (nSPS) is 28.5. The van der Waals surface area contributed by atoms with E-state index in [9.17, 15) is 14.7 Å². The minimum Gasteiger partial charge on any atom is -0.394 e. The first kappa shape index (κ1) is 14.4. The van der Waals surface area contributed by atoms with Crippen LogP contribution in [0.4, 0.5) is 0 Å². The molecule has 0 amide bonds. The zero-order valence-corrected chi connectivity index (χ0v) is 11.4. The highest BCUT2D eigenvalue weighted by Gasteiger charge is 2.38. The van der Waals surface area contributed by atoms with Crippen molar-refractivity contribution in [3.63, 3.8) is 0 Å². The van der Waals surface area contributed by atoms with E-state index in [0.29, 0.717) is 6.42 Å². The summed E-state index contributed by atoms with van der Waals surface area (Å²) in [5, 5.41) is 18.4. The summed E-state index contributed by atoms with van der Waals surface area (Å²) >= 11 is 3.02. The average molecular weight is 336 g/mol. The first-order valence-corrected chi connectivity index (χ1v) is 6.44. The van der Waals surface area contributed by atoms with E-state index < -0.39 is 42.3 Å². The van der Waals surface area contributed by atoms with Crippen molar-refractivity contribution in [2.75, 3.05) is 6.61 Å². The standard InChI is InChI=1S/C10H14BrN3O5/c11-4-2-14(10(18)13-9(4)17)7-1-5(12)8(19-7)6(16)3-15/h2,5-8,15-16H,1,3,12H2,(H,13,17,18)/t5-,6-,7+,8+/m1/s1. The van der Waals surface area contributed by atoms with Gasteiger partial charge in [-0.05, 0) is 15.9 Å². The molecule has 1 fully saturated rings. The highest BCUT2D eigenvalue weighted by molar-refractivity contribution is 9.10. The SMILES string of the molecule is N[C@@H]1C[C@@H](n2cc(Br)c(=O)[nH]c2=O)O[C@@H]1[C@H](O)CO. The fourth-order valence-corrected chi connectivity index (χ4v) is 2.36. The molecule has 1 aromatic rings. The van der Waals surface area contributed by atoms with Gasteiger partial charge in [-0.2, -0.15) is 0 Å². The molecule has 1 aliphatic heterocycles. The molecule has 0 aliphatic carbocycles. The van der Waals surface area contributed by atoms with Crippen LogP contribution in [0.2, 0.25) is 0 Å². The van der Waals surface area contributed by atoms with Crippen molar-refractivity contribution < 1.29 is 14.9 Å². The Balaban J connectivity index is 2.28. The van der Waals surface area contributed by atoms with Crippen molar-refractivity contribution in [3.8, 4) is 0 Å². The molecular weight excluding hydrogens is 322 g/mol. The number of nitrogens with one attached hydrogen (secondary N) is 1. The van der Waals surface area contributed by atoms with Crippen molar-refractivity contribution in [1.82, 2.24) is 9.55 Å². The molecule has 9 heteroatoms. The Hall–Kier alpha value is -1.00. The zero-order valence-electron chi connectivity index (χ0n) is 9.82. The number of aromatic nitrogens is 2. The molecule has 1 saturated heterocycles. The van der Waals surface area contributed by atoms with Crippen molar-refractivity contribution in [2.24, 2.45) is 5.73 Å². The van der Waals surface area contributed by atoms with E-state index in [0.717, 1.165) is 0 Å². The van der Waals surface area contributed by atoms with Crippen molar-refractivity contribution in [2.45, 2.75) is 30.9 Å². The van der Waals surface area contributed by atoms with E-state index in [1.165, 1.54) is 10.8 Å². The Bertz CT molecular complexity index is 571. The lowest BCUT2D eigenvalue weighted by molar-refractivity contribution is -0.0781. The number of hydrogen-bond donors (Lipinski definition) is 4. The molecule has 0 aromatic carbocycles. The predicted octanol–water partition coefficient (Wildman–Crippen LogP) is -1.73. The minimum atomic E-state index is -1.11. The number of halogens is 1. The Kier molecular flexibility index (Phi) is 4.21. The molecule has 0 radical (unpaired) electrons. The van der Waals surface area contributed by atoms with Crippen LogP contribution in [0.5, 0.6) is 0 Å². The summed E-state index contributed by atoms with van der Waals surface area (Å²) in [6.45, 7) is -0.477. The summed E-state index contributed by atoms with van der Waals surface area (Å²) in [4.78, 5) is 25.1. The lowest BCUT2D eigenvalue weighted by Gasteiger charge is -2.20. The molecule has 2 heterocycles. The average Bonchev–Trinajstić information content (AvgIpc) is 2.75. The first-order chi connectivity index (χ1) is 8.93. The van der Waals surface area contributed by atoms with Crippen LogP contribution < -0.4 is 17.0 Å². The number of hydrogen-bond acceptors (Lipinski definition) is 6. The second-order valence-electron chi connectivity index (χ2n) is 4.35. The van der Waals surface area contributed by atoms with E-state index in [-0.39, 0.29) is 4.47 Å². The third-order valence-corrected chi connectivity index (χ3v) is 3.58. The Labute approximate surface area is 115 Å². The van der Waals surface area contributed by atoms with Crippen LogP contribution >= 0.6 is 15.9 Å². The maximum atomic E-state index is 11.7. The molecular formula is C10H14BrN3O5. The number of nitrogens with zero attached hydrogens (tertiary/aromatic N) is 1. The fourth-order valence-electron chi connectivity index (χ4n) is 2.04. The van der Waals surface area contributed by atoms with Gasteiger partial charge in [0, 0.05) is 18.7 Å². The van der Waals surface area contributed by atoms with Crippen molar-refractivity contribution >= 4 is 15.9 Å². The lowest BCUT2D eigenvalue weighted by Crippen LogP contribution is -2.41. The van der Waals surface area contributed by atoms with Crippen LogP contribution in [0.25, 0.3) is 0 Å². The van der Waals surface area contributed by atoms with Gasteiger partial charge in [-0.15, -0.1) is 0 Å². The highest BCUT2D eigenvalue weighted by atomic mass is 79.9. The Morgan fingerprint density at radius 1 is 1.63 bits per heavy atom. The van der Waals surface area contributed by atoms with Gasteiger partial charge in [-0.1, -0.05) is 0 Å². The maximum absolute atomic E-state index is 11.7. The molecule has 1 aliphatic rings. The zero-order chi connectivity index (χ0) is 14.2. The largest absolute Gasteiger partial charge is 0.394 e. The van der Waals surface area contributed by atoms with Gasteiger partial charge in [-0.25, -0.2) is 4.79 Å². The van der Waals surface area contributed by atoms with Gasteiger partial charge >= 0.3 is 5.69 Å². The van der Waals surface area contributed by atoms with Gasteiger partial charge in [0.25, 0.3) is 5.56 Å². The Morgan fingerprint density at radius 2 is 2.32 bits per heavy atom. The van der Waals surface area contributed by atoms with Gasteiger partial charge in [0.05, 0.1) is 11.1 Å². The molecule has 8 nitrogen and oxygen atoms in total. The molecule has 0 spiro atoms. The van der Waals surface area contributed by atoms with Crippen LogP contribution in [-0.4, -0.2) is 44.6 Å². The third-order valence-electron chi connectivity index (χ3n) is 3.01. The van der Waals surface area contributed by atoms with E-state index in [2.05, 4.69) is 20.9 Å². The van der Waals surface area contributed by atoms with Crippen molar-refractivity contribution in [1.29, 1.82) is 0 Å². The summed E-state index contributed by atoms with van der Waals surface area (Å²) in [6, 6.07) is -0.509. The number of aromatic amines is 1. The molecule has 0 saturated carbocycles. The predicted molar refractivity (Wildman–Crippen MR) is 68.6 cm³/mol. The van der Waals surface area contributed by atoms with Gasteiger partial charge in [0.15, 0.2) is 0 Å². The van der Waals surface area contributed by atoms with E-state index in [1.54, 1.807) is 0 Å². The van der Waals surface area contributed by atoms with Gasteiger partial charge in [0.1, 0.15) is 18.4 Å². The molecule has 2 rings (SSSR count). The van der Waals surface area contributed by atoms with Crippen molar-refractivity contribution in [3.05, 3.63) is 31.5 Å². The summed E-state index contributed by atoms with van der Waals surface area (Å²) in [5.41, 5.74) is 4.65. The number of aliphatic hydroxyl groups excluding tert-OH is 2. The number of H-pyrrole nitrogens is 1. The molecule has 4 atom stereocenters. The second-order valence-corrected chi connectivity index (χ2v) is 5.20. The Morgan fingerprint density at radius 3 is 2.95 bits per heavy atom. The van der Waals surface area contributed by atoms with E-state index >= 15 is 0 Å². The molecule has 1 aromatic heterocycles. The van der Waals surface area contributed by atoms with Gasteiger partial charge < -0.3 is 20.7 Å². The van der Waals surface area contributed by atoms with Crippen LogP contribution in [0.1, 0.15) is 12.6 Å². The maximum Gasteiger partial charge on any atom is 0.330 e. The highest BCUT2D eigenvalue weighted by Crippen LogP contribution is 2.28. The summed E-state index contributed by atoms with van der Waals surface area (Å²) in [7, 11) is 0. The van der Waals surface area contributed by atoms with Gasteiger partial charge in [-0.3, -0.25) is 14.3 Å². The quantitative estimate of drug-likeness (QED) is 0.519. The summed E-state index contributed by atoms with van der Waals surface area (Å²) < 4.78 is 6.85. The smallest absolute Gasteiger partial charge is 0.330 e. The fraction of sp³-hybridized carbons (Fsp3) is 0.600. The minimum absolute atomic E-state index is 0.190. The van der Waals surface area contributed by atoms with Crippen LogP contribution in [0, 0.1) is 0 Å². The molecule has 5 N–H and O–H groups in total.